The number of aromatic nitrogens is 2. The first kappa shape index (κ1) is 18.1. The number of aliphatic hydroxyl groups excluding tert-OH is 1. The smallest absolute Gasteiger partial charge is 0.353 e. The van der Waals surface area contributed by atoms with E-state index in [1.807, 2.05) is 24.4 Å². The van der Waals surface area contributed by atoms with Crippen LogP contribution in [-0.2, 0) is 9.59 Å². The Morgan fingerprint density at radius 2 is 2.22 bits per heavy atom. The second-order valence-corrected chi connectivity index (χ2v) is 8.76. The molecule has 1 saturated heterocycles. The van der Waals surface area contributed by atoms with E-state index in [-0.39, 0.29) is 23.6 Å². The van der Waals surface area contributed by atoms with Crippen LogP contribution in [0.25, 0.3) is 11.3 Å². The van der Waals surface area contributed by atoms with E-state index in [0.29, 0.717) is 9.24 Å². The van der Waals surface area contributed by atoms with Crippen molar-refractivity contribution in [1.82, 2.24) is 14.9 Å². The first-order valence-corrected chi connectivity index (χ1v) is 10.1. The summed E-state index contributed by atoms with van der Waals surface area (Å²) >= 11 is 2.71. The second-order valence-electron chi connectivity index (χ2n) is 6.61. The summed E-state index contributed by atoms with van der Waals surface area (Å²) in [4.78, 5) is 34.8. The van der Waals surface area contributed by atoms with Crippen LogP contribution < -0.4 is 0 Å². The molecule has 27 heavy (non-hydrogen) atoms. The van der Waals surface area contributed by atoms with Gasteiger partial charge in [0.25, 0.3) is 0 Å². The summed E-state index contributed by atoms with van der Waals surface area (Å²) in [7, 11) is 0. The van der Waals surface area contributed by atoms with E-state index < -0.39 is 18.0 Å². The van der Waals surface area contributed by atoms with Crippen molar-refractivity contribution in [2.24, 2.45) is 11.8 Å². The number of carbonyl (C=O) groups excluding carboxylic acids is 1. The lowest BCUT2D eigenvalue weighted by Gasteiger charge is -2.46. The Kier molecular flexibility index (Phi) is 4.53. The molecule has 0 spiro atoms. The van der Waals surface area contributed by atoms with Crippen molar-refractivity contribution < 1.29 is 19.8 Å². The van der Waals surface area contributed by atoms with E-state index >= 15 is 0 Å². The van der Waals surface area contributed by atoms with Gasteiger partial charge >= 0.3 is 5.97 Å². The molecule has 2 aliphatic heterocycles. The van der Waals surface area contributed by atoms with Crippen LogP contribution in [0.15, 0.2) is 44.8 Å². The van der Waals surface area contributed by atoms with Crippen LogP contribution in [0, 0.1) is 11.8 Å². The van der Waals surface area contributed by atoms with Crippen molar-refractivity contribution in [1.29, 1.82) is 0 Å². The van der Waals surface area contributed by atoms with Crippen LogP contribution in [0.2, 0.25) is 0 Å². The van der Waals surface area contributed by atoms with E-state index in [1.165, 1.54) is 28.0 Å². The van der Waals surface area contributed by atoms with Gasteiger partial charge in [-0.15, -0.1) is 11.3 Å². The fraction of sp³-hybridized carbons (Fsp3) is 0.333. The number of hydrogen-bond donors (Lipinski definition) is 2. The second kappa shape index (κ2) is 6.74. The van der Waals surface area contributed by atoms with Crippen molar-refractivity contribution >= 4 is 35.0 Å². The Morgan fingerprint density at radius 3 is 2.85 bits per heavy atom. The molecule has 1 fully saturated rings. The average Bonchev–Trinajstić information content (AvgIpc) is 3.18. The highest BCUT2D eigenvalue weighted by atomic mass is 32.2. The Hall–Kier alpha value is -2.23. The minimum atomic E-state index is -1.13. The van der Waals surface area contributed by atoms with Crippen LogP contribution in [0.3, 0.4) is 0 Å². The van der Waals surface area contributed by atoms with Gasteiger partial charge in [0.2, 0.25) is 5.91 Å². The third-order valence-corrected chi connectivity index (χ3v) is 7.17. The Labute approximate surface area is 163 Å². The number of carboxylic acids is 1. The molecular formula is C18H17N3O4S2. The molecule has 0 saturated carbocycles. The highest BCUT2D eigenvalue weighted by molar-refractivity contribution is 8.04. The molecule has 9 heteroatoms. The molecule has 2 aromatic rings. The van der Waals surface area contributed by atoms with E-state index in [4.69, 9.17) is 0 Å². The zero-order chi connectivity index (χ0) is 19.3. The van der Waals surface area contributed by atoms with Gasteiger partial charge in [-0.1, -0.05) is 18.7 Å². The van der Waals surface area contributed by atoms with Crippen molar-refractivity contribution in [3.05, 3.63) is 40.5 Å². The molecule has 1 amide bonds. The molecule has 1 unspecified atom stereocenters. The Balaban J connectivity index is 1.64. The maximum absolute atomic E-state index is 12.4. The summed E-state index contributed by atoms with van der Waals surface area (Å²) in [6.07, 6.45) is 2.61. The van der Waals surface area contributed by atoms with E-state index in [1.54, 1.807) is 19.3 Å². The van der Waals surface area contributed by atoms with Crippen LogP contribution >= 0.6 is 23.1 Å². The third kappa shape index (κ3) is 2.86. The monoisotopic (exact) mass is 403 g/mol. The molecular weight excluding hydrogens is 386 g/mol. The maximum atomic E-state index is 12.4. The number of carbonyl (C=O) groups is 2. The summed E-state index contributed by atoms with van der Waals surface area (Å²) in [5, 5.41) is 21.5. The van der Waals surface area contributed by atoms with Gasteiger partial charge in [0.05, 0.1) is 23.8 Å². The fourth-order valence-corrected chi connectivity index (χ4v) is 5.80. The molecule has 4 heterocycles. The average molecular weight is 403 g/mol. The lowest BCUT2D eigenvalue weighted by Crippen LogP contribution is -2.63. The molecule has 2 N–H and O–H groups in total. The van der Waals surface area contributed by atoms with Crippen LogP contribution in [0.1, 0.15) is 13.8 Å². The number of rotatable bonds is 5. The summed E-state index contributed by atoms with van der Waals surface area (Å²) in [5.74, 6) is -2.20. The fourth-order valence-electron chi connectivity index (χ4n) is 3.70. The minimum absolute atomic E-state index is 0.0116. The normalized spacial score (nSPS) is 25.4. The van der Waals surface area contributed by atoms with Gasteiger partial charge in [0, 0.05) is 34.2 Å². The summed E-state index contributed by atoms with van der Waals surface area (Å²) in [6.45, 7) is 3.46. The van der Waals surface area contributed by atoms with E-state index in [2.05, 4.69) is 9.97 Å². The summed E-state index contributed by atoms with van der Waals surface area (Å²) < 4.78 is 0.706. The molecule has 0 aliphatic carbocycles. The summed E-state index contributed by atoms with van der Waals surface area (Å²) in [6, 6.07) is 3.43. The number of nitrogens with zero attached hydrogens (tertiary/aromatic N) is 3. The number of aliphatic hydroxyl groups is 1. The number of β-lactam (4-membered cyclic amide) rings is 1. The molecule has 0 radical (unpaired) electrons. The first-order chi connectivity index (χ1) is 12.9. The predicted molar refractivity (Wildman–Crippen MR) is 101 cm³/mol. The van der Waals surface area contributed by atoms with Gasteiger partial charge in [-0.25, -0.2) is 9.78 Å². The molecule has 2 aliphatic rings. The van der Waals surface area contributed by atoms with E-state index in [0.717, 1.165) is 11.3 Å². The number of pyridine rings is 1. The zero-order valence-electron chi connectivity index (χ0n) is 14.6. The molecule has 140 valence electrons. The molecule has 2 aromatic heterocycles. The van der Waals surface area contributed by atoms with Gasteiger partial charge in [0.1, 0.15) is 5.70 Å². The third-order valence-electron chi connectivity index (χ3n) is 4.95. The molecule has 0 aromatic carbocycles. The number of amides is 1. The SMILES string of the molecule is C[C@H]1C(Sc2nc(-c3cccnc3)cs2)=C(C(=O)O)N2C(=O)[C@H]([C@@H](C)O)C12. The van der Waals surface area contributed by atoms with Gasteiger partial charge in [-0.3, -0.25) is 9.78 Å². The van der Waals surface area contributed by atoms with Crippen LogP contribution in [0.4, 0.5) is 0 Å². The number of thiazole rings is 1. The predicted octanol–water partition coefficient (Wildman–Crippen LogP) is 2.45. The highest BCUT2D eigenvalue weighted by Crippen LogP contribution is 2.52. The van der Waals surface area contributed by atoms with Gasteiger partial charge in [-0.2, -0.15) is 0 Å². The zero-order valence-corrected chi connectivity index (χ0v) is 16.2. The van der Waals surface area contributed by atoms with Crippen molar-refractivity contribution in [2.75, 3.05) is 0 Å². The largest absolute Gasteiger partial charge is 0.477 e. The molecule has 4 atom stereocenters. The molecule has 7 nitrogen and oxygen atoms in total. The summed E-state index contributed by atoms with van der Waals surface area (Å²) in [5.41, 5.74) is 1.68. The maximum Gasteiger partial charge on any atom is 0.353 e. The topological polar surface area (TPSA) is 104 Å². The number of fused-ring (bicyclic) bond motifs is 1. The van der Waals surface area contributed by atoms with Crippen molar-refractivity contribution in [3.63, 3.8) is 0 Å². The first-order valence-electron chi connectivity index (χ1n) is 8.42. The quantitative estimate of drug-likeness (QED) is 0.739. The molecule has 0 bridgehead atoms. The number of thioether (sulfide) groups is 1. The number of aliphatic carboxylic acids is 1. The van der Waals surface area contributed by atoms with Gasteiger partial charge in [0.15, 0.2) is 4.34 Å². The molecule has 4 rings (SSSR count). The number of carboxylic acid groups (broad SMARTS) is 1. The lowest BCUT2D eigenvalue weighted by atomic mass is 9.79. The highest BCUT2D eigenvalue weighted by Gasteiger charge is 2.60. The van der Waals surface area contributed by atoms with Crippen molar-refractivity contribution in [2.45, 2.75) is 30.3 Å². The lowest BCUT2D eigenvalue weighted by molar-refractivity contribution is -0.163. The number of hydrogen-bond acceptors (Lipinski definition) is 7. The van der Waals surface area contributed by atoms with Gasteiger partial charge in [-0.05, 0) is 19.1 Å². The minimum Gasteiger partial charge on any atom is -0.477 e. The van der Waals surface area contributed by atoms with Crippen LogP contribution in [-0.4, -0.2) is 49.1 Å². The Morgan fingerprint density at radius 1 is 1.44 bits per heavy atom. The standard InChI is InChI=1S/C18H17N3O4S2/c1-8-13-12(9(2)22)16(23)21(13)14(17(24)25)15(8)27-18-20-11(7-26-18)10-4-3-5-19-6-10/h3-9,12-13,22H,1-2H3,(H,24,25)/t8-,9-,12-,13?/m1/s1. The van der Waals surface area contributed by atoms with Crippen LogP contribution in [0.5, 0.6) is 0 Å². The van der Waals surface area contributed by atoms with E-state index in [9.17, 15) is 19.8 Å². The van der Waals surface area contributed by atoms with Crippen molar-refractivity contribution in [3.8, 4) is 11.3 Å². The van der Waals surface area contributed by atoms with Gasteiger partial charge < -0.3 is 15.1 Å². The Bertz CT molecular complexity index is 941.